The molecule has 134 valence electrons. The molecule has 0 unspecified atom stereocenters. The van der Waals surface area contributed by atoms with Crippen LogP contribution in [0, 0.1) is 23.1 Å². The molecule has 1 saturated heterocycles. The van der Waals surface area contributed by atoms with Crippen molar-refractivity contribution in [1.29, 1.82) is 5.26 Å². The Morgan fingerprint density at radius 2 is 1.81 bits per heavy atom. The van der Waals surface area contributed by atoms with Crippen molar-refractivity contribution in [3.63, 3.8) is 0 Å². The number of rotatable bonds is 3. The first-order valence-electron chi connectivity index (χ1n) is 9.00. The van der Waals surface area contributed by atoms with Gasteiger partial charge in [-0.1, -0.05) is 18.2 Å². The number of benzene rings is 2. The smallest absolute Gasteiger partial charge is 0.166 e. The van der Waals surface area contributed by atoms with Gasteiger partial charge < -0.3 is 4.90 Å². The number of carbonyl (C=O) groups excluding carboxylic acids is 1. The van der Waals surface area contributed by atoms with Crippen molar-refractivity contribution in [3.8, 4) is 6.07 Å². The zero-order chi connectivity index (χ0) is 18.8. The van der Waals surface area contributed by atoms with Gasteiger partial charge in [-0.3, -0.25) is 9.78 Å². The number of hydrogen-bond acceptors (Lipinski definition) is 4. The van der Waals surface area contributed by atoms with E-state index in [9.17, 15) is 14.4 Å². The molecule has 0 radical (unpaired) electrons. The lowest BCUT2D eigenvalue weighted by molar-refractivity contribution is 0.0900. The number of pyridine rings is 1. The van der Waals surface area contributed by atoms with Crippen LogP contribution < -0.4 is 4.90 Å². The highest BCUT2D eigenvalue weighted by atomic mass is 19.1. The number of fused-ring (bicyclic) bond motifs is 1. The maximum atomic E-state index is 13.1. The number of Topliss-reactive ketones (excluding diaryl/α,β-unsaturated/α-hetero) is 1. The molecule has 3 aromatic rings. The van der Waals surface area contributed by atoms with Gasteiger partial charge in [-0.15, -0.1) is 0 Å². The molecule has 5 heteroatoms. The minimum absolute atomic E-state index is 0.0646. The maximum Gasteiger partial charge on any atom is 0.166 e. The third kappa shape index (κ3) is 3.26. The fraction of sp³-hybridized carbons (Fsp3) is 0.227. The number of anilines is 1. The standard InChI is InChI=1S/C22H18FN3O/c23-18-7-5-15(6-8-18)22(27)16-9-11-26(12-10-16)21-17(13-24)14-25-20-4-2-1-3-19(20)21/h1-8,14,16H,9-12H2. The van der Waals surface area contributed by atoms with E-state index in [1.54, 1.807) is 18.3 Å². The summed E-state index contributed by atoms with van der Waals surface area (Å²) in [5, 5.41) is 10.5. The molecule has 1 aliphatic rings. The van der Waals surface area contributed by atoms with Crippen LogP contribution >= 0.6 is 0 Å². The quantitative estimate of drug-likeness (QED) is 0.653. The molecule has 0 atom stereocenters. The van der Waals surface area contributed by atoms with Gasteiger partial charge in [0.25, 0.3) is 0 Å². The highest BCUT2D eigenvalue weighted by Crippen LogP contribution is 2.33. The molecular weight excluding hydrogens is 341 g/mol. The van der Waals surface area contributed by atoms with Crippen LogP contribution in [0.5, 0.6) is 0 Å². The highest BCUT2D eigenvalue weighted by molar-refractivity contribution is 5.98. The number of para-hydroxylation sites is 1. The van der Waals surface area contributed by atoms with E-state index >= 15 is 0 Å². The van der Waals surface area contributed by atoms with Gasteiger partial charge in [0, 0.05) is 36.2 Å². The fourth-order valence-electron chi connectivity index (χ4n) is 3.76. The Balaban J connectivity index is 1.56. The predicted molar refractivity (Wildman–Crippen MR) is 102 cm³/mol. The van der Waals surface area contributed by atoms with Crippen LogP contribution in [0.2, 0.25) is 0 Å². The Labute approximate surface area is 156 Å². The lowest BCUT2D eigenvalue weighted by atomic mass is 9.88. The lowest BCUT2D eigenvalue weighted by Gasteiger charge is -2.34. The predicted octanol–water partition coefficient (Wildman–Crippen LogP) is 4.34. The minimum Gasteiger partial charge on any atom is -0.370 e. The Hall–Kier alpha value is -3.26. The van der Waals surface area contributed by atoms with E-state index in [2.05, 4.69) is 16.0 Å². The molecule has 1 aromatic heterocycles. The Morgan fingerprint density at radius 1 is 1.11 bits per heavy atom. The van der Waals surface area contributed by atoms with Crippen molar-refractivity contribution >= 4 is 22.4 Å². The van der Waals surface area contributed by atoms with E-state index in [0.717, 1.165) is 16.6 Å². The van der Waals surface area contributed by atoms with Crippen molar-refractivity contribution in [2.75, 3.05) is 18.0 Å². The van der Waals surface area contributed by atoms with Crippen LogP contribution in [0.3, 0.4) is 0 Å². The summed E-state index contributed by atoms with van der Waals surface area (Å²) in [5.41, 5.74) is 2.87. The first-order chi connectivity index (χ1) is 13.2. The topological polar surface area (TPSA) is 57.0 Å². The summed E-state index contributed by atoms with van der Waals surface area (Å²) >= 11 is 0. The van der Waals surface area contributed by atoms with Crippen LogP contribution in [0.15, 0.2) is 54.7 Å². The molecule has 0 amide bonds. The normalized spacial score (nSPS) is 14.9. The van der Waals surface area contributed by atoms with E-state index in [1.165, 1.54) is 12.1 Å². The lowest BCUT2D eigenvalue weighted by Crippen LogP contribution is -2.37. The van der Waals surface area contributed by atoms with E-state index in [1.807, 2.05) is 24.3 Å². The number of hydrogen-bond donors (Lipinski definition) is 0. The van der Waals surface area contributed by atoms with Gasteiger partial charge in [-0.25, -0.2) is 4.39 Å². The van der Waals surface area contributed by atoms with Crippen LogP contribution in [-0.4, -0.2) is 23.9 Å². The van der Waals surface area contributed by atoms with Crippen molar-refractivity contribution in [1.82, 2.24) is 4.98 Å². The largest absolute Gasteiger partial charge is 0.370 e. The van der Waals surface area contributed by atoms with Crippen LogP contribution in [-0.2, 0) is 0 Å². The summed E-state index contributed by atoms with van der Waals surface area (Å²) in [6.07, 6.45) is 3.03. The molecule has 4 rings (SSSR count). The molecule has 0 spiro atoms. The molecule has 0 aliphatic carbocycles. The first kappa shape index (κ1) is 17.2. The fourth-order valence-corrected chi connectivity index (χ4v) is 3.76. The Morgan fingerprint density at radius 3 is 2.52 bits per heavy atom. The van der Waals surface area contributed by atoms with E-state index in [4.69, 9.17) is 0 Å². The van der Waals surface area contributed by atoms with Crippen LogP contribution in [0.4, 0.5) is 10.1 Å². The number of nitriles is 1. The van der Waals surface area contributed by atoms with Gasteiger partial charge >= 0.3 is 0 Å². The molecular formula is C22H18FN3O. The highest BCUT2D eigenvalue weighted by Gasteiger charge is 2.27. The van der Waals surface area contributed by atoms with Crippen molar-refractivity contribution in [3.05, 3.63) is 71.7 Å². The molecule has 2 heterocycles. The van der Waals surface area contributed by atoms with Gasteiger partial charge in [0.1, 0.15) is 11.9 Å². The maximum absolute atomic E-state index is 13.1. The number of ketones is 1. The van der Waals surface area contributed by atoms with Gasteiger partial charge in [0.15, 0.2) is 5.78 Å². The Kier molecular flexibility index (Phi) is 4.55. The SMILES string of the molecule is N#Cc1cnc2ccccc2c1N1CCC(C(=O)c2ccc(F)cc2)CC1. The molecule has 1 aliphatic heterocycles. The summed E-state index contributed by atoms with van der Waals surface area (Å²) in [6.45, 7) is 1.39. The number of halogens is 1. The second-order valence-corrected chi connectivity index (χ2v) is 6.78. The number of piperidine rings is 1. The van der Waals surface area contributed by atoms with Gasteiger partial charge in [-0.2, -0.15) is 5.26 Å². The third-order valence-electron chi connectivity index (χ3n) is 5.18. The summed E-state index contributed by atoms with van der Waals surface area (Å²) < 4.78 is 13.1. The average molecular weight is 359 g/mol. The van der Waals surface area contributed by atoms with Crippen LogP contribution in [0.1, 0.15) is 28.8 Å². The van der Waals surface area contributed by atoms with Crippen molar-refractivity contribution in [2.45, 2.75) is 12.8 Å². The van der Waals surface area contributed by atoms with Crippen molar-refractivity contribution in [2.24, 2.45) is 5.92 Å². The van der Waals surface area contributed by atoms with Crippen molar-refractivity contribution < 1.29 is 9.18 Å². The number of aromatic nitrogens is 1. The summed E-state index contributed by atoms with van der Waals surface area (Å²) in [7, 11) is 0. The second-order valence-electron chi connectivity index (χ2n) is 6.78. The van der Waals surface area contributed by atoms with Gasteiger partial charge in [0.2, 0.25) is 0 Å². The van der Waals surface area contributed by atoms with E-state index in [-0.39, 0.29) is 17.5 Å². The minimum atomic E-state index is -0.338. The monoisotopic (exact) mass is 359 g/mol. The van der Waals surface area contributed by atoms with Crippen LogP contribution in [0.25, 0.3) is 10.9 Å². The third-order valence-corrected chi connectivity index (χ3v) is 5.18. The zero-order valence-electron chi connectivity index (χ0n) is 14.7. The number of nitrogens with zero attached hydrogens (tertiary/aromatic N) is 3. The molecule has 0 bridgehead atoms. The molecule has 4 nitrogen and oxygen atoms in total. The van der Waals surface area contributed by atoms with Gasteiger partial charge in [0.05, 0.1) is 16.8 Å². The molecule has 2 aromatic carbocycles. The number of carbonyl (C=O) groups is 1. The molecule has 1 fully saturated rings. The van der Waals surface area contributed by atoms with E-state index < -0.39 is 0 Å². The molecule has 0 saturated carbocycles. The zero-order valence-corrected chi connectivity index (χ0v) is 14.7. The van der Waals surface area contributed by atoms with Gasteiger partial charge in [-0.05, 0) is 43.2 Å². The average Bonchev–Trinajstić information content (AvgIpc) is 2.73. The first-order valence-corrected chi connectivity index (χ1v) is 9.00. The summed E-state index contributed by atoms with van der Waals surface area (Å²) in [6, 6.07) is 15.8. The molecule has 27 heavy (non-hydrogen) atoms. The summed E-state index contributed by atoms with van der Waals surface area (Å²) in [4.78, 5) is 19.2. The molecule has 0 N–H and O–H groups in total. The second kappa shape index (κ2) is 7.16. The Bertz CT molecular complexity index is 1030. The summed E-state index contributed by atoms with van der Waals surface area (Å²) in [5.74, 6) is -0.352. The van der Waals surface area contributed by atoms with E-state index in [0.29, 0.717) is 37.1 Å².